The van der Waals surface area contributed by atoms with Crippen LogP contribution in [0, 0.1) is 0 Å². The van der Waals surface area contributed by atoms with Gasteiger partial charge >= 0.3 is 5.97 Å². The Hall–Kier alpha value is -3.37. The largest absolute Gasteiger partial charge is 0.494 e. The number of aliphatic hydroxyl groups is 1. The van der Waals surface area contributed by atoms with Crippen molar-refractivity contribution in [3.63, 3.8) is 0 Å². The molecule has 0 fully saturated rings. The van der Waals surface area contributed by atoms with Crippen molar-refractivity contribution >= 4 is 12.0 Å². The van der Waals surface area contributed by atoms with Crippen LogP contribution < -0.4 is 4.74 Å². The summed E-state index contributed by atoms with van der Waals surface area (Å²) in [5.74, 6) is -0.206. The molecule has 174 valence electrons. The highest BCUT2D eigenvalue weighted by Crippen LogP contribution is 2.17. The minimum Gasteiger partial charge on any atom is -0.494 e. The van der Waals surface area contributed by atoms with Gasteiger partial charge in [-0.3, -0.25) is 0 Å². The van der Waals surface area contributed by atoms with Gasteiger partial charge in [0.2, 0.25) is 0 Å². The molecule has 0 aliphatic rings. The van der Waals surface area contributed by atoms with Crippen LogP contribution in [0.1, 0.15) is 44.6 Å². The lowest BCUT2D eigenvalue weighted by atomic mass is 10.1. The van der Waals surface area contributed by atoms with Crippen LogP contribution in [0.15, 0.2) is 91.0 Å². The van der Waals surface area contributed by atoms with Crippen molar-refractivity contribution in [2.24, 2.45) is 0 Å². The van der Waals surface area contributed by atoms with Gasteiger partial charge in [-0.1, -0.05) is 92.6 Å². The Labute approximate surface area is 197 Å². The third-order valence-electron chi connectivity index (χ3n) is 5.02. The average Bonchev–Trinajstić information content (AvgIpc) is 2.86. The van der Waals surface area contributed by atoms with Gasteiger partial charge in [0, 0.05) is 6.08 Å². The first-order valence-electron chi connectivity index (χ1n) is 11.5. The lowest BCUT2D eigenvalue weighted by Gasteiger charge is -2.10. The summed E-state index contributed by atoms with van der Waals surface area (Å²) in [5, 5.41) is 18.2. The summed E-state index contributed by atoms with van der Waals surface area (Å²) >= 11 is 0. The van der Waals surface area contributed by atoms with Gasteiger partial charge in [-0.25, -0.2) is 4.79 Å². The zero-order valence-electron chi connectivity index (χ0n) is 19.3. The normalized spacial score (nSPS) is 11.5. The maximum absolute atomic E-state index is 10.4. The Kier molecular flexibility index (Phi) is 12.1. The standard InChI is InChI=1S/C17H24O4.C12H10/c1-2-3-5-15(18)6-4-13-21-16-10-7-14(8-11-16)9-12-17(19)20;1-3-7-11(8-4-1)12-9-5-2-6-10-12/h7-12,15,18H,2-6,13H2,1H3,(H,19,20);1-10H/b12-9+;. The van der Waals surface area contributed by atoms with Crippen molar-refractivity contribution in [2.45, 2.75) is 45.1 Å². The number of hydrogen-bond acceptors (Lipinski definition) is 3. The van der Waals surface area contributed by atoms with Gasteiger partial charge in [-0.2, -0.15) is 0 Å². The van der Waals surface area contributed by atoms with Crippen LogP contribution in [0.4, 0.5) is 0 Å². The van der Waals surface area contributed by atoms with Crippen molar-refractivity contribution in [1.29, 1.82) is 0 Å². The van der Waals surface area contributed by atoms with Crippen LogP contribution in [0.5, 0.6) is 5.75 Å². The molecule has 0 saturated heterocycles. The molecule has 3 rings (SSSR count). The minimum atomic E-state index is -0.961. The molecule has 2 N–H and O–H groups in total. The fourth-order valence-corrected chi connectivity index (χ4v) is 3.20. The van der Waals surface area contributed by atoms with Crippen LogP contribution >= 0.6 is 0 Å². The Bertz CT molecular complexity index is 897. The summed E-state index contributed by atoms with van der Waals surface area (Å²) in [6, 6.07) is 28.0. The van der Waals surface area contributed by atoms with Crippen molar-refractivity contribution in [2.75, 3.05) is 6.61 Å². The summed E-state index contributed by atoms with van der Waals surface area (Å²) in [5.41, 5.74) is 3.37. The van der Waals surface area contributed by atoms with E-state index in [0.29, 0.717) is 6.61 Å². The molecule has 4 heteroatoms. The van der Waals surface area contributed by atoms with E-state index < -0.39 is 5.97 Å². The predicted octanol–water partition coefficient (Wildman–Crippen LogP) is 6.85. The van der Waals surface area contributed by atoms with E-state index in [-0.39, 0.29) is 6.10 Å². The quantitative estimate of drug-likeness (QED) is 0.250. The topological polar surface area (TPSA) is 66.8 Å². The SMILES string of the molecule is CCCCC(O)CCCOc1ccc(/C=C/C(=O)O)cc1.c1ccc(-c2ccccc2)cc1. The first-order chi connectivity index (χ1) is 16.1. The Morgan fingerprint density at radius 2 is 1.39 bits per heavy atom. The monoisotopic (exact) mass is 446 g/mol. The Morgan fingerprint density at radius 1 is 0.848 bits per heavy atom. The number of carboxylic acids is 1. The second-order valence-corrected chi connectivity index (χ2v) is 7.76. The van der Waals surface area contributed by atoms with Gasteiger partial charge in [0.15, 0.2) is 0 Å². The molecule has 0 aromatic heterocycles. The highest BCUT2D eigenvalue weighted by Gasteiger charge is 2.03. The summed E-state index contributed by atoms with van der Waals surface area (Å²) in [4.78, 5) is 10.4. The molecule has 1 unspecified atom stereocenters. The van der Waals surface area contributed by atoms with Crippen molar-refractivity contribution in [3.05, 3.63) is 96.6 Å². The third-order valence-corrected chi connectivity index (χ3v) is 5.02. The summed E-state index contributed by atoms with van der Waals surface area (Å²) in [6.07, 6.45) is 7.04. The molecule has 3 aromatic rings. The third kappa shape index (κ3) is 11.2. The highest BCUT2D eigenvalue weighted by molar-refractivity contribution is 5.85. The molecule has 1 atom stereocenters. The molecule has 0 aliphatic heterocycles. The number of carboxylic acid groups (broad SMARTS) is 1. The molecule has 0 heterocycles. The lowest BCUT2D eigenvalue weighted by Crippen LogP contribution is -2.08. The lowest BCUT2D eigenvalue weighted by molar-refractivity contribution is -0.131. The number of aliphatic carboxylic acids is 1. The van der Waals surface area contributed by atoms with E-state index in [9.17, 15) is 9.90 Å². The molecule has 0 aliphatic carbocycles. The van der Waals surface area contributed by atoms with Gasteiger partial charge in [-0.05, 0) is 54.2 Å². The molecule has 33 heavy (non-hydrogen) atoms. The molecule has 0 radical (unpaired) electrons. The van der Waals surface area contributed by atoms with E-state index in [1.54, 1.807) is 0 Å². The van der Waals surface area contributed by atoms with Crippen LogP contribution in [-0.4, -0.2) is 28.9 Å². The first kappa shape index (κ1) is 25.9. The number of unbranched alkanes of at least 4 members (excludes halogenated alkanes) is 1. The van der Waals surface area contributed by atoms with E-state index in [1.165, 1.54) is 17.2 Å². The van der Waals surface area contributed by atoms with E-state index in [4.69, 9.17) is 9.84 Å². The molecule has 4 nitrogen and oxygen atoms in total. The van der Waals surface area contributed by atoms with Crippen LogP contribution in [0.3, 0.4) is 0 Å². The van der Waals surface area contributed by atoms with Crippen molar-refractivity contribution < 1.29 is 19.7 Å². The maximum atomic E-state index is 10.4. The fourth-order valence-electron chi connectivity index (χ4n) is 3.20. The van der Waals surface area contributed by atoms with Gasteiger partial charge in [-0.15, -0.1) is 0 Å². The highest BCUT2D eigenvalue weighted by atomic mass is 16.5. The average molecular weight is 447 g/mol. The van der Waals surface area contributed by atoms with E-state index in [0.717, 1.165) is 49.5 Å². The van der Waals surface area contributed by atoms with E-state index in [2.05, 4.69) is 55.5 Å². The maximum Gasteiger partial charge on any atom is 0.328 e. The van der Waals surface area contributed by atoms with Crippen molar-refractivity contribution in [3.8, 4) is 16.9 Å². The smallest absolute Gasteiger partial charge is 0.328 e. The zero-order valence-corrected chi connectivity index (χ0v) is 19.3. The number of aliphatic hydroxyl groups excluding tert-OH is 1. The Morgan fingerprint density at radius 3 is 1.91 bits per heavy atom. The number of ether oxygens (including phenoxy) is 1. The van der Waals surface area contributed by atoms with Gasteiger partial charge in [0.1, 0.15) is 5.75 Å². The zero-order chi connectivity index (χ0) is 23.7. The van der Waals surface area contributed by atoms with Crippen LogP contribution in [0.2, 0.25) is 0 Å². The second-order valence-electron chi connectivity index (χ2n) is 7.76. The summed E-state index contributed by atoms with van der Waals surface area (Å²) < 4.78 is 5.59. The van der Waals surface area contributed by atoms with Gasteiger partial charge in [0.25, 0.3) is 0 Å². The molecule has 0 saturated carbocycles. The fraction of sp³-hybridized carbons (Fsp3) is 0.276. The minimum absolute atomic E-state index is 0.225. The van der Waals surface area contributed by atoms with E-state index >= 15 is 0 Å². The summed E-state index contributed by atoms with van der Waals surface area (Å²) in [7, 11) is 0. The number of benzene rings is 3. The first-order valence-corrected chi connectivity index (χ1v) is 11.5. The molecule has 3 aromatic carbocycles. The molecular formula is C29H34O4. The summed E-state index contributed by atoms with van der Waals surface area (Å²) in [6.45, 7) is 2.69. The number of rotatable bonds is 11. The molecular weight excluding hydrogens is 412 g/mol. The van der Waals surface area contributed by atoms with Crippen molar-refractivity contribution in [1.82, 2.24) is 0 Å². The number of carbonyl (C=O) groups is 1. The molecule has 0 amide bonds. The molecule has 0 bridgehead atoms. The van der Waals surface area contributed by atoms with Crippen LogP contribution in [0.25, 0.3) is 17.2 Å². The van der Waals surface area contributed by atoms with Crippen LogP contribution in [-0.2, 0) is 4.79 Å². The second kappa shape index (κ2) is 15.4. The Balaban J connectivity index is 0.000000268. The van der Waals surface area contributed by atoms with E-state index in [1.807, 2.05) is 36.4 Å². The molecule has 0 spiro atoms. The van der Waals surface area contributed by atoms with Gasteiger partial charge < -0.3 is 14.9 Å². The number of hydrogen-bond donors (Lipinski definition) is 2. The predicted molar refractivity (Wildman–Crippen MR) is 135 cm³/mol. The van der Waals surface area contributed by atoms with Gasteiger partial charge in [0.05, 0.1) is 12.7 Å².